The van der Waals surface area contributed by atoms with Gasteiger partial charge in [0.2, 0.25) is 5.88 Å². The molecule has 0 aliphatic carbocycles. The van der Waals surface area contributed by atoms with Crippen LogP contribution in [-0.2, 0) is 6.54 Å². The molecule has 0 saturated heterocycles. The Hall–Kier alpha value is -1.61. The lowest BCUT2D eigenvalue weighted by atomic mass is 10.1. The Kier molecular flexibility index (Phi) is 3.37. The fourth-order valence-electron chi connectivity index (χ4n) is 1.63. The maximum atomic E-state index is 5.64. The van der Waals surface area contributed by atoms with Gasteiger partial charge in [0.1, 0.15) is 0 Å². The summed E-state index contributed by atoms with van der Waals surface area (Å²) in [7, 11) is 0. The number of ether oxygens (including phenoxy) is 1. The molecular weight excluding hydrogens is 200 g/mol. The maximum absolute atomic E-state index is 5.64. The van der Waals surface area contributed by atoms with Gasteiger partial charge in [0.25, 0.3) is 0 Å². The molecule has 16 heavy (non-hydrogen) atoms. The van der Waals surface area contributed by atoms with E-state index in [2.05, 4.69) is 18.0 Å². The third-order valence-electron chi connectivity index (χ3n) is 2.41. The zero-order valence-corrected chi connectivity index (χ0v) is 9.44. The number of benzene rings is 1. The molecule has 0 fully saturated rings. The van der Waals surface area contributed by atoms with E-state index >= 15 is 0 Å². The summed E-state index contributed by atoms with van der Waals surface area (Å²) in [6.07, 6.45) is 0.975. The van der Waals surface area contributed by atoms with Gasteiger partial charge in [-0.1, -0.05) is 25.1 Å². The van der Waals surface area contributed by atoms with Crippen LogP contribution in [0.4, 0.5) is 0 Å². The number of hydrogen-bond acceptors (Lipinski definition) is 3. The summed E-state index contributed by atoms with van der Waals surface area (Å²) in [5, 5.41) is 2.18. The Morgan fingerprint density at radius 3 is 2.88 bits per heavy atom. The monoisotopic (exact) mass is 216 g/mol. The number of nitrogens with zero attached hydrogens (tertiary/aromatic N) is 1. The number of nitrogens with two attached hydrogens (primary N) is 1. The van der Waals surface area contributed by atoms with E-state index in [-0.39, 0.29) is 0 Å². The highest BCUT2D eigenvalue weighted by molar-refractivity contribution is 5.87. The molecule has 2 N–H and O–H groups in total. The van der Waals surface area contributed by atoms with Crippen molar-refractivity contribution in [2.24, 2.45) is 5.73 Å². The van der Waals surface area contributed by atoms with Gasteiger partial charge in [-0.25, -0.2) is 4.98 Å². The normalized spacial score (nSPS) is 10.6. The second-order valence-electron chi connectivity index (χ2n) is 3.69. The summed E-state index contributed by atoms with van der Waals surface area (Å²) < 4.78 is 5.64. The molecule has 3 nitrogen and oxygen atoms in total. The van der Waals surface area contributed by atoms with Gasteiger partial charge in [0.05, 0.1) is 12.3 Å². The van der Waals surface area contributed by atoms with E-state index in [0.29, 0.717) is 19.0 Å². The second-order valence-corrected chi connectivity index (χ2v) is 3.69. The molecule has 0 spiro atoms. The third-order valence-corrected chi connectivity index (χ3v) is 2.41. The molecule has 3 heteroatoms. The second kappa shape index (κ2) is 4.94. The van der Waals surface area contributed by atoms with Crippen LogP contribution in [-0.4, -0.2) is 11.6 Å². The number of rotatable bonds is 4. The van der Waals surface area contributed by atoms with Crippen LogP contribution >= 0.6 is 0 Å². The van der Waals surface area contributed by atoms with Gasteiger partial charge in [-0.05, 0) is 23.9 Å². The average Bonchev–Trinajstić information content (AvgIpc) is 2.35. The quantitative estimate of drug-likeness (QED) is 0.854. The van der Waals surface area contributed by atoms with Crippen molar-refractivity contribution < 1.29 is 4.74 Å². The standard InChI is InChI=1S/C13H16N2O/c1-2-7-16-13-12-6-4-3-5-10(12)8-11(9-14)15-13/h3-6,8H,2,7,9,14H2,1H3. The molecule has 1 aromatic heterocycles. The molecular formula is C13H16N2O. The van der Waals surface area contributed by atoms with Crippen LogP contribution in [0.2, 0.25) is 0 Å². The van der Waals surface area contributed by atoms with Crippen molar-refractivity contribution in [2.75, 3.05) is 6.61 Å². The molecule has 0 bridgehead atoms. The Labute approximate surface area is 95.2 Å². The van der Waals surface area contributed by atoms with Gasteiger partial charge >= 0.3 is 0 Å². The molecule has 0 aliphatic heterocycles. The van der Waals surface area contributed by atoms with Crippen molar-refractivity contribution in [3.8, 4) is 5.88 Å². The highest BCUT2D eigenvalue weighted by Crippen LogP contribution is 2.24. The largest absolute Gasteiger partial charge is 0.477 e. The summed E-state index contributed by atoms with van der Waals surface area (Å²) in [4.78, 5) is 4.41. The average molecular weight is 216 g/mol. The van der Waals surface area contributed by atoms with E-state index < -0.39 is 0 Å². The summed E-state index contributed by atoms with van der Waals surface area (Å²) in [5.74, 6) is 0.695. The van der Waals surface area contributed by atoms with Crippen LogP contribution in [0.5, 0.6) is 5.88 Å². The van der Waals surface area contributed by atoms with Gasteiger partial charge in [0.15, 0.2) is 0 Å². The van der Waals surface area contributed by atoms with Crippen molar-refractivity contribution in [3.05, 3.63) is 36.0 Å². The summed E-state index contributed by atoms with van der Waals surface area (Å²) in [6.45, 7) is 3.20. The van der Waals surface area contributed by atoms with Crippen molar-refractivity contribution in [1.29, 1.82) is 0 Å². The zero-order valence-electron chi connectivity index (χ0n) is 9.44. The van der Waals surface area contributed by atoms with Crippen LogP contribution < -0.4 is 10.5 Å². The lowest BCUT2D eigenvalue weighted by Gasteiger charge is -2.09. The van der Waals surface area contributed by atoms with E-state index in [9.17, 15) is 0 Å². The molecule has 0 atom stereocenters. The molecule has 0 unspecified atom stereocenters. The summed E-state index contributed by atoms with van der Waals surface area (Å²) >= 11 is 0. The minimum absolute atomic E-state index is 0.438. The van der Waals surface area contributed by atoms with Gasteiger partial charge < -0.3 is 10.5 Å². The first-order valence-corrected chi connectivity index (χ1v) is 5.56. The molecule has 0 amide bonds. The van der Waals surface area contributed by atoms with E-state index in [1.807, 2.05) is 24.3 Å². The smallest absolute Gasteiger partial charge is 0.221 e. The van der Waals surface area contributed by atoms with E-state index in [1.165, 1.54) is 0 Å². The first kappa shape index (κ1) is 10.9. The minimum atomic E-state index is 0.438. The number of hydrogen-bond donors (Lipinski definition) is 1. The third kappa shape index (κ3) is 2.14. The molecule has 1 aromatic carbocycles. The zero-order chi connectivity index (χ0) is 11.4. The first-order valence-electron chi connectivity index (χ1n) is 5.56. The van der Waals surface area contributed by atoms with Crippen LogP contribution in [0.25, 0.3) is 10.8 Å². The van der Waals surface area contributed by atoms with E-state index in [4.69, 9.17) is 10.5 Å². The fourth-order valence-corrected chi connectivity index (χ4v) is 1.63. The van der Waals surface area contributed by atoms with E-state index in [1.54, 1.807) is 0 Å². The van der Waals surface area contributed by atoms with Crippen LogP contribution in [0, 0.1) is 0 Å². The molecule has 1 heterocycles. The summed E-state index contributed by atoms with van der Waals surface area (Å²) in [5.41, 5.74) is 6.49. The van der Waals surface area contributed by atoms with Crippen LogP contribution in [0.1, 0.15) is 19.0 Å². The van der Waals surface area contributed by atoms with Crippen molar-refractivity contribution >= 4 is 10.8 Å². The number of pyridine rings is 1. The molecule has 0 saturated carbocycles. The highest BCUT2D eigenvalue weighted by atomic mass is 16.5. The Morgan fingerprint density at radius 2 is 2.12 bits per heavy atom. The fraction of sp³-hybridized carbons (Fsp3) is 0.308. The summed E-state index contributed by atoms with van der Waals surface area (Å²) in [6, 6.07) is 10.1. The number of aromatic nitrogens is 1. The predicted molar refractivity (Wildman–Crippen MR) is 65.4 cm³/mol. The van der Waals surface area contributed by atoms with Crippen molar-refractivity contribution in [3.63, 3.8) is 0 Å². The highest BCUT2D eigenvalue weighted by Gasteiger charge is 2.05. The first-order chi connectivity index (χ1) is 7.85. The molecule has 84 valence electrons. The van der Waals surface area contributed by atoms with Gasteiger partial charge in [-0.2, -0.15) is 0 Å². The predicted octanol–water partition coefficient (Wildman–Crippen LogP) is 2.48. The maximum Gasteiger partial charge on any atom is 0.221 e. The minimum Gasteiger partial charge on any atom is -0.477 e. The molecule has 2 rings (SSSR count). The van der Waals surface area contributed by atoms with Crippen LogP contribution in [0.3, 0.4) is 0 Å². The Morgan fingerprint density at radius 1 is 1.31 bits per heavy atom. The Balaban J connectivity index is 2.50. The topological polar surface area (TPSA) is 48.1 Å². The van der Waals surface area contributed by atoms with Gasteiger partial charge in [-0.15, -0.1) is 0 Å². The van der Waals surface area contributed by atoms with Crippen molar-refractivity contribution in [2.45, 2.75) is 19.9 Å². The lowest BCUT2D eigenvalue weighted by molar-refractivity contribution is 0.308. The van der Waals surface area contributed by atoms with Gasteiger partial charge in [0, 0.05) is 11.9 Å². The SMILES string of the molecule is CCCOc1nc(CN)cc2ccccc12. The van der Waals surface area contributed by atoms with E-state index in [0.717, 1.165) is 22.9 Å². The molecule has 0 aliphatic rings. The molecule has 2 aromatic rings. The van der Waals surface area contributed by atoms with Crippen molar-refractivity contribution in [1.82, 2.24) is 4.98 Å². The molecule has 0 radical (unpaired) electrons. The van der Waals surface area contributed by atoms with Crippen LogP contribution in [0.15, 0.2) is 30.3 Å². The lowest BCUT2D eigenvalue weighted by Crippen LogP contribution is -2.04. The number of fused-ring (bicyclic) bond motifs is 1. The van der Waals surface area contributed by atoms with Gasteiger partial charge in [-0.3, -0.25) is 0 Å². The Bertz CT molecular complexity index is 482.